The number of carbonyl (C=O) groups is 4. The van der Waals surface area contributed by atoms with Crippen molar-refractivity contribution in [3.8, 4) is 5.75 Å². The molecular formula is C25H31N3O9. The number of aliphatic hydroxyl groups is 3. The molecule has 0 saturated heterocycles. The van der Waals surface area contributed by atoms with Gasteiger partial charge in [-0.1, -0.05) is 0 Å². The van der Waals surface area contributed by atoms with E-state index in [0.29, 0.717) is 11.3 Å². The highest BCUT2D eigenvalue weighted by atomic mass is 16.5. The average molecular weight is 518 g/mol. The van der Waals surface area contributed by atoms with E-state index in [0.717, 1.165) is 7.11 Å². The van der Waals surface area contributed by atoms with Gasteiger partial charge in [-0.2, -0.15) is 0 Å². The first-order valence-electron chi connectivity index (χ1n) is 11.7. The fourth-order valence-corrected chi connectivity index (χ4v) is 6.32. The Balaban J connectivity index is 1.98. The van der Waals surface area contributed by atoms with Crippen LogP contribution in [0, 0.1) is 17.8 Å². The molecule has 6 atom stereocenters. The average Bonchev–Trinajstić information content (AvgIpc) is 2.80. The Morgan fingerprint density at radius 2 is 1.78 bits per heavy atom. The number of nitrogens with zero attached hydrogens (tertiary/aromatic N) is 2. The van der Waals surface area contributed by atoms with Gasteiger partial charge in [0.1, 0.15) is 23.0 Å². The Morgan fingerprint density at radius 1 is 1.16 bits per heavy atom. The number of benzene rings is 1. The second-order valence-corrected chi connectivity index (χ2v) is 10.3. The maximum Gasteiger partial charge on any atom is 0.341 e. The van der Waals surface area contributed by atoms with Gasteiger partial charge in [-0.3, -0.25) is 14.4 Å². The van der Waals surface area contributed by atoms with Gasteiger partial charge >= 0.3 is 5.97 Å². The summed E-state index contributed by atoms with van der Waals surface area (Å²) in [5.74, 6) is -9.34. The molecule has 0 radical (unpaired) electrons. The molecule has 3 aliphatic rings. The summed E-state index contributed by atoms with van der Waals surface area (Å²) >= 11 is 0. The van der Waals surface area contributed by atoms with Crippen LogP contribution >= 0.6 is 0 Å². The fraction of sp³-hybridized carbons (Fsp3) is 0.520. The minimum absolute atomic E-state index is 0.00455. The van der Waals surface area contributed by atoms with Crippen LogP contribution in [-0.4, -0.2) is 102 Å². The van der Waals surface area contributed by atoms with Crippen molar-refractivity contribution in [3.05, 3.63) is 28.3 Å². The zero-order valence-corrected chi connectivity index (χ0v) is 21.2. The highest BCUT2D eigenvalue weighted by Crippen LogP contribution is 2.53. The molecule has 12 heteroatoms. The lowest BCUT2D eigenvalue weighted by Gasteiger charge is -2.53. The minimum atomic E-state index is -2.74. The SMILES string of the molecule is COC(=O)c1cc(N(C)C)c2c(c1O)C(O)=C1C(=O)[C@@]3(O)C(=O)C(C(N)=O)C(O)C(N(C)C)[C@H]3C[C@H]1C2. The van der Waals surface area contributed by atoms with Crippen LogP contribution < -0.4 is 10.6 Å². The van der Waals surface area contributed by atoms with Gasteiger partial charge in [-0.05, 0) is 44.5 Å². The number of methoxy groups -OCH3 is 1. The van der Waals surface area contributed by atoms with Crippen molar-refractivity contribution in [2.45, 2.75) is 30.6 Å². The van der Waals surface area contributed by atoms with Crippen LogP contribution in [0.5, 0.6) is 5.75 Å². The Morgan fingerprint density at radius 3 is 2.30 bits per heavy atom. The summed E-state index contributed by atoms with van der Waals surface area (Å²) in [5, 5.41) is 44.8. The van der Waals surface area contributed by atoms with Crippen molar-refractivity contribution in [2.24, 2.45) is 23.5 Å². The number of carbonyl (C=O) groups excluding carboxylic acids is 4. The summed E-state index contributed by atoms with van der Waals surface area (Å²) in [4.78, 5) is 54.9. The van der Waals surface area contributed by atoms with E-state index in [-0.39, 0.29) is 29.5 Å². The molecule has 0 aliphatic heterocycles. The van der Waals surface area contributed by atoms with Gasteiger partial charge in [-0.25, -0.2) is 4.79 Å². The van der Waals surface area contributed by atoms with Crippen molar-refractivity contribution >= 4 is 34.9 Å². The molecule has 1 aromatic carbocycles. The van der Waals surface area contributed by atoms with Crippen molar-refractivity contribution < 1.29 is 44.3 Å². The van der Waals surface area contributed by atoms with Crippen LogP contribution in [0.3, 0.4) is 0 Å². The van der Waals surface area contributed by atoms with Crippen LogP contribution in [0.25, 0.3) is 5.76 Å². The number of fused-ring (bicyclic) bond motifs is 3. The van der Waals surface area contributed by atoms with Crippen LogP contribution in [-0.2, 0) is 25.5 Å². The molecule has 2 fully saturated rings. The van der Waals surface area contributed by atoms with Crippen molar-refractivity contribution in [1.29, 1.82) is 0 Å². The molecule has 12 nitrogen and oxygen atoms in total. The third-order valence-corrected chi connectivity index (χ3v) is 7.95. The lowest BCUT2D eigenvalue weighted by atomic mass is 9.54. The van der Waals surface area contributed by atoms with Crippen LogP contribution in [0.1, 0.15) is 27.9 Å². The lowest BCUT2D eigenvalue weighted by molar-refractivity contribution is -0.184. The molecule has 2 saturated carbocycles. The smallest absolute Gasteiger partial charge is 0.341 e. The Labute approximate surface area is 212 Å². The summed E-state index contributed by atoms with van der Waals surface area (Å²) in [6, 6.07) is 0.449. The number of hydrogen-bond acceptors (Lipinski definition) is 11. The van der Waals surface area contributed by atoms with Crippen LogP contribution in [0.15, 0.2) is 11.6 Å². The first-order chi connectivity index (χ1) is 17.2. The number of primary amides is 1. The number of aromatic hydroxyl groups is 1. The van der Waals surface area contributed by atoms with Crippen LogP contribution in [0.4, 0.5) is 5.69 Å². The van der Waals surface area contributed by atoms with Gasteiger partial charge in [0.05, 0.1) is 18.8 Å². The molecule has 3 unspecified atom stereocenters. The maximum atomic E-state index is 13.9. The summed E-state index contributed by atoms with van der Waals surface area (Å²) in [6.07, 6.45) is -1.43. The number of phenols is 1. The predicted molar refractivity (Wildman–Crippen MR) is 130 cm³/mol. The summed E-state index contributed by atoms with van der Waals surface area (Å²) < 4.78 is 4.75. The standard InChI is InChI=1S/C25H31N3O9/c1-27(2)13-8-11(24(35)37-5)18(29)15-10(13)6-9-7-12-17(28(3)4)20(31)16(23(26)34)22(33)25(12,36)21(32)14(9)19(15)30/h8-9,12,16-17,20,29-31,36H,6-7H2,1-5H3,(H2,26,34)/t9-,12-,16?,17?,20?,25-/m1/s1. The first kappa shape index (κ1) is 26.6. The number of esters is 1. The van der Waals surface area contributed by atoms with E-state index in [1.807, 2.05) is 0 Å². The molecule has 0 heterocycles. The number of aliphatic hydroxyl groups excluding tert-OH is 2. The monoisotopic (exact) mass is 517 g/mol. The number of ketones is 2. The molecule has 37 heavy (non-hydrogen) atoms. The summed E-state index contributed by atoms with van der Waals surface area (Å²) in [5.41, 5.74) is 2.87. The number of likely N-dealkylation sites (N-methyl/N-ethyl adjacent to an activating group) is 1. The van der Waals surface area contributed by atoms with Gasteiger partial charge < -0.3 is 40.7 Å². The topological polar surface area (TPSA) is 191 Å². The molecule has 3 aliphatic carbocycles. The second kappa shape index (κ2) is 8.82. The molecule has 1 amide bonds. The van der Waals surface area contributed by atoms with Gasteiger partial charge in [0.15, 0.2) is 11.4 Å². The van der Waals surface area contributed by atoms with Gasteiger partial charge in [0, 0.05) is 37.3 Å². The normalized spacial score (nSPS) is 31.0. The fourth-order valence-electron chi connectivity index (χ4n) is 6.32. The van der Waals surface area contributed by atoms with E-state index in [1.165, 1.54) is 11.0 Å². The van der Waals surface area contributed by atoms with E-state index in [2.05, 4.69) is 0 Å². The molecule has 0 bridgehead atoms. The van der Waals surface area contributed by atoms with Crippen LogP contribution in [0.2, 0.25) is 0 Å². The second-order valence-electron chi connectivity index (χ2n) is 10.3. The van der Waals surface area contributed by atoms with E-state index in [1.54, 1.807) is 33.1 Å². The predicted octanol–water partition coefficient (Wildman–Crippen LogP) is -1.02. The van der Waals surface area contributed by atoms with E-state index in [9.17, 15) is 39.6 Å². The van der Waals surface area contributed by atoms with E-state index < -0.39 is 70.5 Å². The number of amides is 1. The molecule has 1 aromatic rings. The highest BCUT2D eigenvalue weighted by molar-refractivity contribution is 6.25. The van der Waals surface area contributed by atoms with E-state index >= 15 is 0 Å². The third kappa shape index (κ3) is 3.54. The van der Waals surface area contributed by atoms with Crippen molar-refractivity contribution in [2.75, 3.05) is 40.2 Å². The molecule has 4 rings (SSSR count). The third-order valence-electron chi connectivity index (χ3n) is 7.95. The molecular weight excluding hydrogens is 486 g/mol. The minimum Gasteiger partial charge on any atom is -0.507 e. The van der Waals surface area contributed by atoms with Crippen molar-refractivity contribution in [3.63, 3.8) is 0 Å². The zero-order valence-electron chi connectivity index (χ0n) is 21.2. The lowest BCUT2D eigenvalue weighted by Crippen LogP contribution is -2.73. The summed E-state index contributed by atoms with van der Waals surface area (Å²) in [6.45, 7) is 0. The maximum absolute atomic E-state index is 13.9. The number of rotatable bonds is 4. The Hall–Kier alpha value is -3.48. The number of anilines is 1. The quantitative estimate of drug-likeness (QED) is 0.243. The highest BCUT2D eigenvalue weighted by Gasteiger charge is 2.67. The number of hydrogen-bond donors (Lipinski definition) is 5. The molecule has 200 valence electrons. The zero-order chi connectivity index (χ0) is 27.7. The first-order valence-corrected chi connectivity index (χ1v) is 11.7. The Bertz CT molecular complexity index is 1250. The number of ether oxygens (including phenoxy) is 1. The molecule has 0 aromatic heterocycles. The van der Waals surface area contributed by atoms with E-state index in [4.69, 9.17) is 10.5 Å². The molecule has 6 N–H and O–H groups in total. The number of Topliss-reactive ketones (excluding diaryl/α,β-unsaturated/α-hetero) is 2. The number of nitrogens with two attached hydrogens (primary N) is 1. The van der Waals surface area contributed by atoms with Gasteiger partial charge in [0.25, 0.3) is 0 Å². The molecule has 0 spiro atoms. The van der Waals surface area contributed by atoms with Gasteiger partial charge in [-0.15, -0.1) is 0 Å². The largest absolute Gasteiger partial charge is 0.507 e. The summed E-state index contributed by atoms with van der Waals surface area (Å²) in [7, 11) is 7.71. The van der Waals surface area contributed by atoms with Gasteiger partial charge in [0.2, 0.25) is 11.7 Å². The number of phenolic OH excluding ortho intramolecular Hbond substituents is 1. The Kier molecular flexibility index (Phi) is 6.34. The van der Waals surface area contributed by atoms with Crippen molar-refractivity contribution in [1.82, 2.24) is 4.90 Å².